The maximum absolute atomic E-state index is 11.3. The second-order valence-electron chi connectivity index (χ2n) is 4.53. The predicted octanol–water partition coefficient (Wildman–Crippen LogP) is 3.65. The van der Waals surface area contributed by atoms with Gasteiger partial charge in [0.25, 0.3) is 0 Å². The number of rotatable bonds is 6. The minimum Gasteiger partial charge on any atom is -0.480 e. The zero-order valence-corrected chi connectivity index (χ0v) is 12.6. The number of carboxylic acid groups (broad SMARTS) is 1. The molecule has 4 nitrogen and oxygen atoms in total. The van der Waals surface area contributed by atoms with E-state index in [9.17, 15) is 9.90 Å². The molecule has 1 heterocycles. The molecule has 106 valence electrons. The summed E-state index contributed by atoms with van der Waals surface area (Å²) in [5.41, 5.74) is 1.81. The smallest absolute Gasteiger partial charge is 0.319 e. The monoisotopic (exact) mass is 290 g/mol. The van der Waals surface area contributed by atoms with E-state index in [2.05, 4.69) is 16.7 Å². The van der Waals surface area contributed by atoms with Crippen molar-refractivity contribution in [2.75, 3.05) is 0 Å². The zero-order chi connectivity index (χ0) is 15.2. The summed E-state index contributed by atoms with van der Waals surface area (Å²) < 4.78 is -0.907. The van der Waals surface area contributed by atoms with E-state index in [1.807, 2.05) is 25.1 Å². The Bertz CT molecular complexity index is 563. The van der Waals surface area contributed by atoms with Gasteiger partial charge < -0.3 is 5.11 Å². The van der Waals surface area contributed by atoms with E-state index in [1.165, 1.54) is 11.8 Å². The highest BCUT2D eigenvalue weighted by Gasteiger charge is 2.29. The first kappa shape index (κ1) is 16.2. The average molecular weight is 290 g/mol. The number of hydrogen-bond acceptors (Lipinski definition) is 4. The molecule has 0 atom stereocenters. The van der Waals surface area contributed by atoms with Crippen molar-refractivity contribution in [3.63, 3.8) is 0 Å². The number of carbonyl (C=O) groups is 1. The molecule has 0 spiro atoms. The van der Waals surface area contributed by atoms with E-state index in [4.69, 9.17) is 0 Å². The van der Waals surface area contributed by atoms with Gasteiger partial charge in [-0.05, 0) is 45.2 Å². The van der Waals surface area contributed by atoms with Crippen LogP contribution in [0.25, 0.3) is 5.57 Å². The molecule has 1 rings (SSSR count). The van der Waals surface area contributed by atoms with E-state index in [0.29, 0.717) is 0 Å². The molecule has 0 aromatic carbocycles. The molecule has 5 heteroatoms. The molecule has 0 fully saturated rings. The van der Waals surface area contributed by atoms with Crippen molar-refractivity contribution in [1.82, 2.24) is 4.98 Å². The van der Waals surface area contributed by atoms with Crippen LogP contribution in [-0.2, 0) is 4.79 Å². The third kappa shape index (κ3) is 4.06. The first-order valence-corrected chi connectivity index (χ1v) is 6.89. The Labute approximate surface area is 123 Å². The summed E-state index contributed by atoms with van der Waals surface area (Å²) in [5, 5.41) is 9.24. The summed E-state index contributed by atoms with van der Waals surface area (Å²) in [6.45, 7) is 8.67. The summed E-state index contributed by atoms with van der Waals surface area (Å²) in [6, 6.07) is 1.82. The topological polar surface area (TPSA) is 62.5 Å². The Hall–Kier alpha value is -1.88. The van der Waals surface area contributed by atoms with E-state index < -0.39 is 10.7 Å². The molecule has 0 aliphatic heterocycles. The third-order valence-corrected chi connectivity index (χ3v) is 3.90. The van der Waals surface area contributed by atoms with Crippen molar-refractivity contribution in [3.05, 3.63) is 42.4 Å². The molecule has 0 unspecified atom stereocenters. The normalized spacial score (nSPS) is 12.7. The lowest BCUT2D eigenvalue weighted by Gasteiger charge is -2.20. The highest BCUT2D eigenvalue weighted by molar-refractivity contribution is 8.01. The molecule has 0 saturated heterocycles. The molecular weight excluding hydrogens is 272 g/mol. The van der Waals surface area contributed by atoms with Crippen LogP contribution in [0.15, 0.2) is 46.7 Å². The Morgan fingerprint density at radius 3 is 2.80 bits per heavy atom. The Morgan fingerprint density at radius 1 is 1.55 bits per heavy atom. The largest absolute Gasteiger partial charge is 0.480 e. The second-order valence-corrected chi connectivity index (χ2v) is 6.20. The Morgan fingerprint density at radius 2 is 2.25 bits per heavy atom. The van der Waals surface area contributed by atoms with E-state index >= 15 is 0 Å². The quantitative estimate of drug-likeness (QED) is 0.493. The minimum atomic E-state index is -0.907. The van der Waals surface area contributed by atoms with Crippen molar-refractivity contribution in [1.29, 1.82) is 0 Å². The summed E-state index contributed by atoms with van der Waals surface area (Å²) in [5.74, 6) is -0.851. The summed E-state index contributed by atoms with van der Waals surface area (Å²) in [6.07, 6.45) is 8.73. The van der Waals surface area contributed by atoms with Crippen molar-refractivity contribution in [3.8, 4) is 0 Å². The molecular formula is C15H18N2O2S. The maximum Gasteiger partial charge on any atom is 0.319 e. The van der Waals surface area contributed by atoms with Crippen LogP contribution in [-0.4, -0.2) is 27.5 Å². The lowest BCUT2D eigenvalue weighted by molar-refractivity contribution is -0.138. The van der Waals surface area contributed by atoms with Crippen LogP contribution in [0.5, 0.6) is 0 Å². The number of allylic oxidation sites excluding steroid dienone is 3. The van der Waals surface area contributed by atoms with Gasteiger partial charge in [-0.3, -0.25) is 14.8 Å². The van der Waals surface area contributed by atoms with Crippen molar-refractivity contribution in [2.24, 2.45) is 4.99 Å². The van der Waals surface area contributed by atoms with Gasteiger partial charge in [0.15, 0.2) is 0 Å². The molecule has 0 amide bonds. The molecule has 1 N–H and O–H groups in total. The Kier molecular flexibility index (Phi) is 5.70. The highest BCUT2D eigenvalue weighted by atomic mass is 32.2. The van der Waals surface area contributed by atoms with Crippen molar-refractivity contribution >= 4 is 30.0 Å². The van der Waals surface area contributed by atoms with Crippen LogP contribution in [0.1, 0.15) is 26.3 Å². The summed E-state index contributed by atoms with van der Waals surface area (Å²) in [7, 11) is 0. The van der Waals surface area contributed by atoms with Crippen LogP contribution in [0, 0.1) is 0 Å². The lowest BCUT2D eigenvalue weighted by atomic mass is 10.1. The van der Waals surface area contributed by atoms with Crippen molar-refractivity contribution < 1.29 is 9.90 Å². The predicted molar refractivity (Wildman–Crippen MR) is 84.1 cm³/mol. The fraction of sp³-hybridized carbons (Fsp3) is 0.267. The number of nitrogens with zero attached hydrogens (tertiary/aromatic N) is 2. The van der Waals surface area contributed by atoms with Crippen LogP contribution in [0.4, 0.5) is 0 Å². The van der Waals surface area contributed by atoms with Gasteiger partial charge in [-0.25, -0.2) is 0 Å². The number of thioether (sulfide) groups is 1. The van der Waals surface area contributed by atoms with Gasteiger partial charge in [-0.2, -0.15) is 0 Å². The van der Waals surface area contributed by atoms with E-state index in [1.54, 1.807) is 32.4 Å². The zero-order valence-electron chi connectivity index (χ0n) is 11.8. The summed E-state index contributed by atoms with van der Waals surface area (Å²) >= 11 is 1.30. The number of aliphatic carboxylic acids is 1. The molecule has 1 aromatic rings. The van der Waals surface area contributed by atoms with E-state index in [-0.39, 0.29) is 0 Å². The Balaban J connectivity index is 3.20. The molecule has 0 radical (unpaired) electrons. The van der Waals surface area contributed by atoms with Crippen LogP contribution < -0.4 is 0 Å². The third-order valence-electron chi connectivity index (χ3n) is 2.64. The standard InChI is InChI=1S/C15H18N2O2S/c1-5-11(6-8-16-4)12-10-17-9-7-13(12)20-15(2,3)14(18)19/h5-10H,4H2,1-3H3,(H,18,19)/b8-6-,11-5+. The highest BCUT2D eigenvalue weighted by Crippen LogP contribution is 2.37. The minimum absolute atomic E-state index is 0.851. The molecule has 20 heavy (non-hydrogen) atoms. The number of carboxylic acids is 1. The van der Waals surface area contributed by atoms with Gasteiger partial charge in [0, 0.05) is 29.1 Å². The second kappa shape index (κ2) is 7.05. The first-order valence-electron chi connectivity index (χ1n) is 6.08. The van der Waals surface area contributed by atoms with Gasteiger partial charge >= 0.3 is 5.97 Å². The van der Waals surface area contributed by atoms with E-state index in [0.717, 1.165) is 16.0 Å². The van der Waals surface area contributed by atoms with Gasteiger partial charge in [0.05, 0.1) is 0 Å². The van der Waals surface area contributed by atoms with Crippen LogP contribution in [0.3, 0.4) is 0 Å². The van der Waals surface area contributed by atoms with Crippen molar-refractivity contribution in [2.45, 2.75) is 30.4 Å². The van der Waals surface area contributed by atoms with Crippen LogP contribution in [0.2, 0.25) is 0 Å². The fourth-order valence-electron chi connectivity index (χ4n) is 1.48. The lowest BCUT2D eigenvalue weighted by Crippen LogP contribution is -2.27. The molecule has 0 aliphatic carbocycles. The SMILES string of the molecule is C=N/C=C\C(=C/C)c1cnccc1SC(C)(C)C(=O)O. The molecule has 1 aromatic heterocycles. The van der Waals surface area contributed by atoms with Gasteiger partial charge in [0.2, 0.25) is 0 Å². The number of hydrogen-bond donors (Lipinski definition) is 1. The van der Waals surface area contributed by atoms with Crippen LogP contribution >= 0.6 is 11.8 Å². The molecule has 0 bridgehead atoms. The first-order chi connectivity index (χ1) is 9.42. The number of aliphatic imine (C=N–C) groups is 1. The molecule has 0 saturated carbocycles. The van der Waals surface area contributed by atoms with Gasteiger partial charge in [-0.1, -0.05) is 6.08 Å². The summed E-state index contributed by atoms with van der Waals surface area (Å²) in [4.78, 5) is 19.9. The maximum atomic E-state index is 11.3. The fourth-order valence-corrected chi connectivity index (χ4v) is 2.53. The average Bonchev–Trinajstić information content (AvgIpc) is 2.40. The molecule has 0 aliphatic rings. The van der Waals surface area contributed by atoms with Gasteiger partial charge in [0.1, 0.15) is 4.75 Å². The van der Waals surface area contributed by atoms with Gasteiger partial charge in [-0.15, -0.1) is 11.8 Å². The number of aromatic nitrogens is 1. The number of pyridine rings is 1.